The van der Waals surface area contributed by atoms with Gasteiger partial charge in [-0.2, -0.15) is 8.61 Å². The van der Waals surface area contributed by atoms with Crippen molar-refractivity contribution in [1.82, 2.24) is 8.61 Å². The van der Waals surface area contributed by atoms with Crippen LogP contribution in [-0.2, 0) is 33.1 Å². The molecule has 0 aliphatic carbocycles. The maximum atomic E-state index is 13.3. The Balaban J connectivity index is 0.000000360. The molecule has 0 atom stereocenters. The van der Waals surface area contributed by atoms with Gasteiger partial charge in [-0.3, -0.25) is 30.3 Å². The summed E-state index contributed by atoms with van der Waals surface area (Å²) in [7, 11) is -6.82. The number of rotatable bonds is 18. The smallest absolute Gasteiger partial charge is 0.265 e. The standard InChI is InChI=1S/C19H23N3O6S.C19H25NO2S.CH3NO2/c1-15(2)7-6-12-20(14-16-8-4-3-5-9-16)29(27,28)19-11-10-17(21(23)24)13-18(19)22(25)26;1-17(2)10-9-15-20(16-18-11-5-3-6-12-18)23(21,22)19-13-7-4-8-14-19;1-2(3)4/h3-5,8-11,13,15H,6-7,12,14H2,1-2H3;3-8,11-14,17H,9-10,15-16H2,1-2H3;1H3. The van der Waals surface area contributed by atoms with Gasteiger partial charge in [0.25, 0.3) is 11.4 Å². The molecule has 0 saturated heterocycles. The van der Waals surface area contributed by atoms with E-state index in [2.05, 4.69) is 13.8 Å². The van der Waals surface area contributed by atoms with E-state index in [1.165, 1.54) is 4.31 Å². The number of nitrogens with zero attached hydrogens (tertiary/aromatic N) is 5. The molecule has 0 radical (unpaired) electrons. The van der Waals surface area contributed by atoms with Gasteiger partial charge in [0.05, 0.1) is 20.8 Å². The summed E-state index contributed by atoms with van der Waals surface area (Å²) in [4.78, 5) is 28.8. The Hall–Kier alpha value is -5.10. The predicted octanol–water partition coefficient (Wildman–Crippen LogP) is 8.34. The summed E-state index contributed by atoms with van der Waals surface area (Å²) in [6.45, 7) is 9.56. The van der Waals surface area contributed by atoms with Crippen molar-refractivity contribution < 1.29 is 31.6 Å². The van der Waals surface area contributed by atoms with Gasteiger partial charge in [-0.15, -0.1) is 0 Å². The van der Waals surface area contributed by atoms with E-state index in [1.54, 1.807) is 52.8 Å². The fourth-order valence-electron chi connectivity index (χ4n) is 5.36. The molecule has 0 fully saturated rings. The van der Waals surface area contributed by atoms with Crippen LogP contribution in [0.5, 0.6) is 0 Å². The van der Waals surface area contributed by atoms with E-state index in [9.17, 15) is 37.1 Å². The summed E-state index contributed by atoms with van der Waals surface area (Å²) < 4.78 is 55.2. The molecule has 0 aliphatic rings. The van der Waals surface area contributed by atoms with Crippen LogP contribution in [-0.4, -0.2) is 60.4 Å². The number of benzene rings is 4. The summed E-state index contributed by atoms with van der Waals surface area (Å²) in [6, 6.07) is 30.0. The molecule has 17 heteroatoms. The summed E-state index contributed by atoms with van der Waals surface area (Å²) >= 11 is 0. The number of hydrogen-bond acceptors (Lipinski definition) is 10. The Morgan fingerprint density at radius 2 is 0.964 bits per heavy atom. The highest BCUT2D eigenvalue weighted by atomic mass is 32.2. The molecular weight excluding hydrogens is 763 g/mol. The van der Waals surface area contributed by atoms with E-state index in [0.29, 0.717) is 42.3 Å². The van der Waals surface area contributed by atoms with Crippen molar-refractivity contribution in [2.75, 3.05) is 20.1 Å². The van der Waals surface area contributed by atoms with Gasteiger partial charge in [0, 0.05) is 37.2 Å². The predicted molar refractivity (Wildman–Crippen MR) is 215 cm³/mol. The van der Waals surface area contributed by atoms with Crippen LogP contribution in [0.3, 0.4) is 0 Å². The van der Waals surface area contributed by atoms with Crippen molar-refractivity contribution in [1.29, 1.82) is 0 Å². The number of hydrogen-bond donors (Lipinski definition) is 0. The molecule has 0 aromatic heterocycles. The van der Waals surface area contributed by atoms with Gasteiger partial charge in [-0.25, -0.2) is 16.8 Å². The fraction of sp³-hybridized carbons (Fsp3) is 0.385. The second-order valence-corrected chi connectivity index (χ2v) is 17.5. The molecule has 4 aromatic rings. The van der Waals surface area contributed by atoms with Crippen LogP contribution in [0.1, 0.15) is 64.5 Å². The van der Waals surface area contributed by atoms with Gasteiger partial charge in [0.2, 0.25) is 20.0 Å². The molecule has 0 heterocycles. The molecule has 56 heavy (non-hydrogen) atoms. The molecule has 0 unspecified atom stereocenters. The monoisotopic (exact) mass is 813 g/mol. The minimum absolute atomic E-state index is 0.0510. The van der Waals surface area contributed by atoms with E-state index in [-0.39, 0.29) is 13.1 Å². The van der Waals surface area contributed by atoms with Crippen molar-refractivity contribution in [3.05, 3.63) is 151 Å². The maximum absolute atomic E-state index is 13.3. The Labute approximate surface area is 329 Å². The molecule has 0 aliphatic heterocycles. The second kappa shape index (κ2) is 23.1. The van der Waals surface area contributed by atoms with Gasteiger partial charge in [-0.05, 0) is 66.8 Å². The molecule has 0 saturated carbocycles. The average Bonchev–Trinajstić information content (AvgIpc) is 3.14. The normalized spacial score (nSPS) is 11.4. The zero-order chi connectivity index (χ0) is 41.9. The number of non-ortho nitro benzene ring substituents is 1. The minimum Gasteiger partial charge on any atom is -0.265 e. The van der Waals surface area contributed by atoms with E-state index in [1.807, 2.05) is 56.3 Å². The van der Waals surface area contributed by atoms with Crippen LogP contribution >= 0.6 is 0 Å². The number of nitro groups is 3. The highest BCUT2D eigenvalue weighted by Gasteiger charge is 2.33. The number of sulfonamides is 2. The molecule has 304 valence electrons. The lowest BCUT2D eigenvalue weighted by atomic mass is 10.1. The van der Waals surface area contributed by atoms with Crippen LogP contribution in [0, 0.1) is 42.2 Å². The number of nitro benzene ring substituents is 2. The van der Waals surface area contributed by atoms with Crippen LogP contribution < -0.4 is 0 Å². The van der Waals surface area contributed by atoms with Crippen LogP contribution in [0.4, 0.5) is 11.4 Å². The highest BCUT2D eigenvalue weighted by Crippen LogP contribution is 2.31. The molecule has 0 amide bonds. The summed E-state index contributed by atoms with van der Waals surface area (Å²) in [5, 5.41) is 31.2. The third-order valence-electron chi connectivity index (χ3n) is 8.13. The zero-order valence-electron chi connectivity index (χ0n) is 32.3. The Bertz CT molecular complexity index is 2050. The molecule has 0 bridgehead atoms. The topological polar surface area (TPSA) is 204 Å². The Morgan fingerprint density at radius 1 is 0.571 bits per heavy atom. The first kappa shape index (κ1) is 47.1. The lowest BCUT2D eigenvalue weighted by Crippen LogP contribution is -2.32. The molecule has 0 N–H and O–H groups in total. The van der Waals surface area contributed by atoms with Crippen molar-refractivity contribution in [3.63, 3.8) is 0 Å². The van der Waals surface area contributed by atoms with Crippen molar-refractivity contribution in [2.45, 2.75) is 76.3 Å². The molecule has 4 aromatic carbocycles. The van der Waals surface area contributed by atoms with Crippen LogP contribution in [0.25, 0.3) is 0 Å². The van der Waals surface area contributed by atoms with E-state index in [4.69, 9.17) is 10.1 Å². The van der Waals surface area contributed by atoms with Gasteiger partial charge < -0.3 is 0 Å². The van der Waals surface area contributed by atoms with E-state index in [0.717, 1.165) is 49.6 Å². The first-order valence-corrected chi connectivity index (χ1v) is 20.9. The quantitative estimate of drug-likeness (QED) is 0.0693. The maximum Gasteiger partial charge on any atom is 0.296 e. The van der Waals surface area contributed by atoms with Gasteiger partial charge in [0.15, 0.2) is 11.9 Å². The first-order valence-electron chi connectivity index (χ1n) is 18.0. The Morgan fingerprint density at radius 3 is 1.34 bits per heavy atom. The van der Waals surface area contributed by atoms with Crippen molar-refractivity contribution in [3.8, 4) is 0 Å². The lowest BCUT2D eigenvalue weighted by Gasteiger charge is -2.23. The molecule has 4 rings (SSSR count). The van der Waals surface area contributed by atoms with Gasteiger partial charge in [0.1, 0.15) is 0 Å². The zero-order valence-corrected chi connectivity index (χ0v) is 34.0. The third kappa shape index (κ3) is 15.9. The molecule has 0 spiro atoms. The third-order valence-corrected chi connectivity index (χ3v) is 11.9. The summed E-state index contributed by atoms with van der Waals surface area (Å²) in [5.74, 6) is 0.956. The lowest BCUT2D eigenvalue weighted by molar-refractivity contribution is -0.445. The fourth-order valence-corrected chi connectivity index (χ4v) is 8.45. The molecule has 15 nitrogen and oxygen atoms in total. The van der Waals surface area contributed by atoms with Crippen molar-refractivity contribution in [2.24, 2.45) is 11.8 Å². The van der Waals surface area contributed by atoms with Gasteiger partial charge in [-0.1, -0.05) is 107 Å². The largest absolute Gasteiger partial charge is 0.296 e. The van der Waals surface area contributed by atoms with Gasteiger partial charge >= 0.3 is 0 Å². The van der Waals surface area contributed by atoms with Crippen molar-refractivity contribution >= 4 is 31.4 Å². The minimum atomic E-state index is -4.25. The SMILES string of the molecule is CC(C)CCCN(Cc1ccccc1)S(=O)(=O)c1ccc([N+](=O)[O-])cc1[N+](=O)[O-].CC(C)CCCN(Cc1ccccc1)S(=O)(=O)c1ccccc1.C[N+](=O)[O-]. The van der Waals surface area contributed by atoms with Crippen LogP contribution in [0.15, 0.2) is 119 Å². The average molecular weight is 814 g/mol. The van der Waals surface area contributed by atoms with Crippen LogP contribution in [0.2, 0.25) is 0 Å². The summed E-state index contributed by atoms with van der Waals surface area (Å²) in [6.07, 6.45) is 3.28. The Kier molecular flexibility index (Phi) is 19.4. The van der Waals surface area contributed by atoms with E-state index < -0.39 is 51.1 Å². The second-order valence-electron chi connectivity index (χ2n) is 13.6. The van der Waals surface area contributed by atoms with E-state index >= 15 is 0 Å². The highest BCUT2D eigenvalue weighted by molar-refractivity contribution is 7.89. The first-order chi connectivity index (χ1) is 26.4. The summed E-state index contributed by atoms with van der Waals surface area (Å²) in [5.41, 5.74) is 0.410. The molecular formula is C39H51N5O10S2.